The van der Waals surface area contributed by atoms with Crippen molar-refractivity contribution in [2.45, 2.75) is 4.90 Å². The molecule has 9 heteroatoms. The molecule has 0 bridgehead atoms. The number of fused-ring (bicyclic) bond motifs is 1. The number of hydrogen-bond acceptors (Lipinski definition) is 5. The first-order valence-electron chi connectivity index (χ1n) is 7.45. The summed E-state index contributed by atoms with van der Waals surface area (Å²) < 4.78 is 63.9. The maximum absolute atomic E-state index is 13.5. The van der Waals surface area contributed by atoms with Gasteiger partial charge in [0.05, 0.1) is 4.90 Å². The molecular weight excluding hydrogens is 368 g/mol. The number of benzene rings is 2. The average molecular weight is 381 g/mol. The molecule has 0 aromatic heterocycles. The Morgan fingerprint density at radius 1 is 1.04 bits per heavy atom. The van der Waals surface area contributed by atoms with E-state index in [4.69, 9.17) is 9.47 Å². The zero-order valence-corrected chi connectivity index (χ0v) is 14.1. The first-order valence-corrected chi connectivity index (χ1v) is 8.94. The summed E-state index contributed by atoms with van der Waals surface area (Å²) in [6.45, 7) is 0.632. The fourth-order valence-corrected chi connectivity index (χ4v) is 3.21. The number of ether oxygens (including phenoxy) is 2. The molecule has 0 aliphatic carbocycles. The maximum atomic E-state index is 13.5. The van der Waals surface area contributed by atoms with Gasteiger partial charge in [0.25, 0.3) is 15.9 Å². The molecule has 136 valence electrons. The van der Waals surface area contributed by atoms with Crippen LogP contribution in [0.3, 0.4) is 0 Å². The van der Waals surface area contributed by atoms with Crippen LogP contribution in [0.15, 0.2) is 47.4 Å². The molecule has 0 fully saturated rings. The molecule has 1 heterocycles. The second-order valence-electron chi connectivity index (χ2n) is 5.24. The van der Waals surface area contributed by atoms with E-state index in [2.05, 4.69) is 0 Å². The van der Waals surface area contributed by atoms with Crippen LogP contribution in [0.25, 0.3) is 6.08 Å². The van der Waals surface area contributed by atoms with Crippen molar-refractivity contribution in [3.05, 3.63) is 59.7 Å². The van der Waals surface area contributed by atoms with Crippen molar-refractivity contribution in [3.8, 4) is 11.5 Å². The highest BCUT2D eigenvalue weighted by Gasteiger charge is 2.20. The third kappa shape index (κ3) is 3.83. The average Bonchev–Trinajstić information content (AvgIpc) is 2.60. The Labute approximate surface area is 148 Å². The van der Waals surface area contributed by atoms with Crippen LogP contribution < -0.4 is 14.2 Å². The van der Waals surface area contributed by atoms with E-state index < -0.39 is 33.1 Å². The smallest absolute Gasteiger partial charge is 0.264 e. The molecule has 2 aromatic carbocycles. The van der Waals surface area contributed by atoms with Gasteiger partial charge in [0.15, 0.2) is 11.5 Å². The normalized spacial score (nSPS) is 13.6. The highest BCUT2D eigenvalue weighted by molar-refractivity contribution is 7.90. The molecule has 0 saturated heterocycles. The lowest BCUT2D eigenvalue weighted by Gasteiger charge is -2.18. The third-order valence-corrected chi connectivity index (χ3v) is 4.80. The molecule has 1 aliphatic rings. The van der Waals surface area contributed by atoms with E-state index in [9.17, 15) is 22.0 Å². The number of sulfonamides is 1. The molecule has 0 atom stereocenters. The van der Waals surface area contributed by atoms with Gasteiger partial charge in [-0.3, -0.25) is 4.79 Å². The summed E-state index contributed by atoms with van der Waals surface area (Å²) in [5.74, 6) is -2.15. The lowest BCUT2D eigenvalue weighted by Crippen LogP contribution is -2.29. The second kappa shape index (κ2) is 7.12. The number of amides is 1. The van der Waals surface area contributed by atoms with Gasteiger partial charge in [-0.25, -0.2) is 21.9 Å². The van der Waals surface area contributed by atoms with E-state index in [0.717, 1.165) is 24.3 Å². The molecule has 26 heavy (non-hydrogen) atoms. The number of hydrogen-bond donors (Lipinski definition) is 1. The van der Waals surface area contributed by atoms with Crippen molar-refractivity contribution < 1.29 is 31.5 Å². The van der Waals surface area contributed by atoms with Crippen molar-refractivity contribution >= 4 is 22.0 Å². The van der Waals surface area contributed by atoms with E-state index >= 15 is 0 Å². The highest BCUT2D eigenvalue weighted by Crippen LogP contribution is 2.32. The van der Waals surface area contributed by atoms with Crippen LogP contribution in [-0.2, 0) is 14.8 Å². The molecule has 0 spiro atoms. The molecule has 2 aromatic rings. The van der Waals surface area contributed by atoms with E-state index in [0.29, 0.717) is 12.4 Å². The Kier molecular flexibility index (Phi) is 4.90. The van der Waals surface area contributed by atoms with E-state index in [1.165, 1.54) is 24.3 Å². The Bertz CT molecular complexity index is 968. The van der Waals surface area contributed by atoms with Crippen molar-refractivity contribution in [2.24, 2.45) is 0 Å². The molecule has 3 rings (SSSR count). The fourth-order valence-electron chi connectivity index (χ4n) is 2.25. The first-order chi connectivity index (χ1) is 12.4. The molecule has 1 aliphatic heterocycles. The third-order valence-electron chi connectivity index (χ3n) is 3.46. The Balaban J connectivity index is 1.77. The van der Waals surface area contributed by atoms with Gasteiger partial charge in [-0.1, -0.05) is 6.07 Å². The molecule has 0 radical (unpaired) electrons. The van der Waals surface area contributed by atoms with E-state index in [1.807, 2.05) is 0 Å². The number of rotatable bonds is 4. The Hall–Kier alpha value is -2.94. The minimum atomic E-state index is -4.19. The van der Waals surface area contributed by atoms with Crippen LogP contribution in [0.5, 0.6) is 11.5 Å². The topological polar surface area (TPSA) is 81.7 Å². The molecule has 6 nitrogen and oxygen atoms in total. The number of nitrogens with one attached hydrogen (secondary N) is 1. The summed E-state index contributed by atoms with van der Waals surface area (Å²) in [6.07, 6.45) is 1.59. The molecule has 0 saturated carbocycles. The highest BCUT2D eigenvalue weighted by atomic mass is 32.2. The van der Waals surface area contributed by atoms with Crippen LogP contribution in [-0.4, -0.2) is 27.5 Å². The number of carbonyl (C=O) groups is 1. The largest absolute Gasteiger partial charge is 0.486 e. The van der Waals surface area contributed by atoms with Crippen LogP contribution >= 0.6 is 0 Å². The Morgan fingerprint density at radius 2 is 1.69 bits per heavy atom. The lowest BCUT2D eigenvalue weighted by molar-refractivity contribution is -0.114. The van der Waals surface area contributed by atoms with Crippen LogP contribution in [0.4, 0.5) is 8.78 Å². The van der Waals surface area contributed by atoms with Crippen LogP contribution in [0.1, 0.15) is 5.56 Å². The van der Waals surface area contributed by atoms with Gasteiger partial charge in [-0.05, 0) is 30.3 Å². The van der Waals surface area contributed by atoms with E-state index in [1.54, 1.807) is 4.72 Å². The molecular formula is C17H13F2NO5S. The first kappa shape index (κ1) is 17.9. The Morgan fingerprint density at radius 3 is 2.38 bits per heavy atom. The van der Waals surface area contributed by atoms with Gasteiger partial charge in [0.1, 0.15) is 24.8 Å². The second-order valence-corrected chi connectivity index (χ2v) is 6.93. The summed E-state index contributed by atoms with van der Waals surface area (Å²) >= 11 is 0. The van der Waals surface area contributed by atoms with Crippen LogP contribution in [0, 0.1) is 11.6 Å². The van der Waals surface area contributed by atoms with Gasteiger partial charge in [-0.15, -0.1) is 0 Å². The fraction of sp³-hybridized carbons (Fsp3) is 0.118. The summed E-state index contributed by atoms with van der Waals surface area (Å²) in [5.41, 5.74) is -0.445. The van der Waals surface area contributed by atoms with Gasteiger partial charge >= 0.3 is 0 Å². The van der Waals surface area contributed by atoms with Gasteiger partial charge in [-0.2, -0.15) is 0 Å². The summed E-state index contributed by atoms with van der Waals surface area (Å²) in [4.78, 5) is 11.6. The van der Waals surface area contributed by atoms with Gasteiger partial charge in [0, 0.05) is 17.7 Å². The summed E-state index contributed by atoms with van der Waals surface area (Å²) in [5, 5.41) is 0. The van der Waals surface area contributed by atoms with Crippen molar-refractivity contribution in [3.63, 3.8) is 0 Å². The van der Waals surface area contributed by atoms with Gasteiger partial charge in [0.2, 0.25) is 0 Å². The SMILES string of the molecule is O=C(C=Cc1c(F)cccc1F)NS(=O)(=O)c1ccc2c(c1)OCCO2. The summed E-state index contributed by atoms with van der Waals surface area (Å²) in [7, 11) is -4.19. The van der Waals surface area contributed by atoms with Crippen LogP contribution in [0.2, 0.25) is 0 Å². The molecule has 1 N–H and O–H groups in total. The predicted molar refractivity (Wildman–Crippen MR) is 88.2 cm³/mol. The van der Waals surface area contributed by atoms with Crippen molar-refractivity contribution in [2.75, 3.05) is 13.2 Å². The molecule has 1 amide bonds. The quantitative estimate of drug-likeness (QED) is 0.822. The number of halogens is 2. The van der Waals surface area contributed by atoms with Crippen molar-refractivity contribution in [1.82, 2.24) is 4.72 Å². The maximum Gasteiger partial charge on any atom is 0.264 e. The summed E-state index contributed by atoms with van der Waals surface area (Å²) in [6, 6.07) is 7.11. The standard InChI is InChI=1S/C17H13F2NO5S/c18-13-2-1-3-14(19)12(13)5-7-17(21)20-26(22,23)11-4-6-15-16(10-11)25-9-8-24-15/h1-7,10H,8-9H2,(H,20,21). The minimum Gasteiger partial charge on any atom is -0.486 e. The number of carbonyl (C=O) groups excluding carboxylic acids is 1. The lowest BCUT2D eigenvalue weighted by atomic mass is 10.2. The minimum absolute atomic E-state index is 0.208. The molecule has 0 unspecified atom stereocenters. The zero-order valence-electron chi connectivity index (χ0n) is 13.2. The predicted octanol–water partition coefficient (Wildman–Crippen LogP) is 2.25. The zero-order chi connectivity index (χ0) is 18.7. The van der Waals surface area contributed by atoms with Crippen molar-refractivity contribution in [1.29, 1.82) is 0 Å². The van der Waals surface area contributed by atoms with Gasteiger partial charge < -0.3 is 9.47 Å². The monoisotopic (exact) mass is 381 g/mol. The van der Waals surface area contributed by atoms with E-state index in [-0.39, 0.29) is 17.3 Å².